The molecule has 4 heteroatoms. The van der Waals surface area contributed by atoms with Crippen molar-refractivity contribution in [1.29, 1.82) is 0 Å². The Kier molecular flexibility index (Phi) is 5.82. The number of hydrogen-bond acceptors (Lipinski definition) is 3. The quantitative estimate of drug-likeness (QED) is 0.845. The average molecular weight is 327 g/mol. The van der Waals surface area contributed by atoms with Crippen molar-refractivity contribution >= 4 is 15.9 Å². The van der Waals surface area contributed by atoms with Gasteiger partial charge in [0, 0.05) is 29.7 Å². The number of aliphatic hydroxyl groups is 1. The Bertz CT molecular complexity index is 399. The number of rotatable bonds is 6. The first kappa shape index (κ1) is 15.0. The summed E-state index contributed by atoms with van der Waals surface area (Å²) >= 11 is 3.53. The van der Waals surface area contributed by atoms with E-state index >= 15 is 0 Å². The van der Waals surface area contributed by atoms with E-state index < -0.39 is 0 Å². The summed E-state index contributed by atoms with van der Waals surface area (Å²) in [5.74, 6) is 0. The maximum absolute atomic E-state index is 9.01. The number of halogens is 1. The summed E-state index contributed by atoms with van der Waals surface area (Å²) in [7, 11) is 0. The predicted octanol–water partition coefficient (Wildman–Crippen LogP) is 2.69. The molecule has 1 heterocycles. The van der Waals surface area contributed by atoms with Crippen LogP contribution in [0.25, 0.3) is 0 Å². The average Bonchev–Trinajstić information content (AvgIpc) is 2.86. The molecule has 19 heavy (non-hydrogen) atoms. The highest BCUT2D eigenvalue weighted by Gasteiger charge is 2.30. The first-order chi connectivity index (χ1) is 9.26. The van der Waals surface area contributed by atoms with Gasteiger partial charge in [0.1, 0.15) is 0 Å². The fourth-order valence-corrected chi connectivity index (χ4v) is 3.50. The molecule has 1 fully saturated rings. The molecule has 0 radical (unpaired) electrons. The van der Waals surface area contributed by atoms with E-state index in [1.54, 1.807) is 0 Å². The first-order valence-corrected chi connectivity index (χ1v) is 7.87. The van der Waals surface area contributed by atoms with Crippen LogP contribution < -0.4 is 5.73 Å². The van der Waals surface area contributed by atoms with E-state index in [0.717, 1.165) is 23.9 Å². The summed E-state index contributed by atoms with van der Waals surface area (Å²) in [4.78, 5) is 2.53. The number of likely N-dealkylation sites (tertiary alicyclic amines) is 1. The third kappa shape index (κ3) is 3.78. The third-order valence-electron chi connectivity index (χ3n) is 3.98. The number of aliphatic hydroxyl groups excluding tert-OH is 1. The van der Waals surface area contributed by atoms with Crippen LogP contribution >= 0.6 is 15.9 Å². The van der Waals surface area contributed by atoms with E-state index in [-0.39, 0.29) is 6.61 Å². The van der Waals surface area contributed by atoms with Gasteiger partial charge in [0.05, 0.1) is 0 Å². The molecule has 106 valence electrons. The van der Waals surface area contributed by atoms with Gasteiger partial charge in [-0.1, -0.05) is 28.1 Å². The minimum absolute atomic E-state index is 0.286. The summed E-state index contributed by atoms with van der Waals surface area (Å²) in [5, 5.41) is 9.01. The number of nitrogens with zero attached hydrogens (tertiary/aromatic N) is 1. The normalized spacial score (nSPS) is 21.7. The van der Waals surface area contributed by atoms with Crippen LogP contribution in [0.2, 0.25) is 0 Å². The molecule has 1 aromatic carbocycles. The highest BCUT2D eigenvalue weighted by molar-refractivity contribution is 9.10. The lowest BCUT2D eigenvalue weighted by molar-refractivity contribution is 0.165. The monoisotopic (exact) mass is 326 g/mol. The Morgan fingerprint density at radius 3 is 3.00 bits per heavy atom. The van der Waals surface area contributed by atoms with Crippen LogP contribution in [-0.2, 0) is 0 Å². The zero-order valence-electron chi connectivity index (χ0n) is 11.3. The van der Waals surface area contributed by atoms with Gasteiger partial charge in [0.25, 0.3) is 0 Å². The van der Waals surface area contributed by atoms with Crippen molar-refractivity contribution in [2.45, 2.75) is 37.8 Å². The standard InChI is InChI=1S/C15H23BrN2O/c16-13-5-1-4-12(10-13)15(11-17)18-8-2-6-14(18)7-3-9-19/h1,4-5,10,14-15,19H,2-3,6-9,11,17H2. The summed E-state index contributed by atoms with van der Waals surface area (Å²) in [6.07, 6.45) is 4.42. The van der Waals surface area contributed by atoms with Crippen LogP contribution in [0.4, 0.5) is 0 Å². The van der Waals surface area contributed by atoms with Gasteiger partial charge in [0.15, 0.2) is 0 Å². The minimum atomic E-state index is 0.286. The molecule has 0 amide bonds. The van der Waals surface area contributed by atoms with Gasteiger partial charge in [-0.15, -0.1) is 0 Å². The van der Waals surface area contributed by atoms with Crippen molar-refractivity contribution in [3.63, 3.8) is 0 Å². The largest absolute Gasteiger partial charge is 0.396 e. The van der Waals surface area contributed by atoms with E-state index in [9.17, 15) is 0 Å². The molecule has 2 unspecified atom stereocenters. The lowest BCUT2D eigenvalue weighted by Crippen LogP contribution is -2.37. The Morgan fingerprint density at radius 1 is 1.47 bits per heavy atom. The number of benzene rings is 1. The van der Waals surface area contributed by atoms with Gasteiger partial charge in [-0.2, -0.15) is 0 Å². The van der Waals surface area contributed by atoms with Gasteiger partial charge >= 0.3 is 0 Å². The molecule has 1 saturated heterocycles. The van der Waals surface area contributed by atoms with Gasteiger partial charge in [-0.3, -0.25) is 4.90 Å². The van der Waals surface area contributed by atoms with Gasteiger partial charge < -0.3 is 10.8 Å². The Morgan fingerprint density at radius 2 is 2.32 bits per heavy atom. The van der Waals surface area contributed by atoms with Crippen LogP contribution in [0, 0.1) is 0 Å². The number of hydrogen-bond donors (Lipinski definition) is 2. The summed E-state index contributed by atoms with van der Waals surface area (Å²) in [6.45, 7) is 2.05. The van der Waals surface area contributed by atoms with Crippen LogP contribution in [0.1, 0.15) is 37.3 Å². The van der Waals surface area contributed by atoms with Crippen molar-refractivity contribution in [3.8, 4) is 0 Å². The van der Waals surface area contributed by atoms with Crippen LogP contribution in [0.5, 0.6) is 0 Å². The molecule has 2 rings (SSSR count). The molecule has 1 aliphatic heterocycles. The minimum Gasteiger partial charge on any atom is -0.396 e. The second kappa shape index (κ2) is 7.39. The SMILES string of the molecule is NCC(c1cccc(Br)c1)N1CCCC1CCCO. The van der Waals surface area contributed by atoms with Crippen molar-refractivity contribution < 1.29 is 5.11 Å². The lowest BCUT2D eigenvalue weighted by atomic mass is 10.0. The second-order valence-electron chi connectivity index (χ2n) is 5.21. The second-order valence-corrected chi connectivity index (χ2v) is 6.12. The molecule has 0 aromatic heterocycles. The topological polar surface area (TPSA) is 49.5 Å². The van der Waals surface area contributed by atoms with E-state index in [4.69, 9.17) is 10.8 Å². The van der Waals surface area contributed by atoms with Gasteiger partial charge in [-0.05, 0) is 49.9 Å². The molecule has 3 nitrogen and oxygen atoms in total. The van der Waals surface area contributed by atoms with Crippen LogP contribution in [-0.4, -0.2) is 35.7 Å². The predicted molar refractivity (Wildman–Crippen MR) is 82.0 cm³/mol. The van der Waals surface area contributed by atoms with Crippen molar-refractivity contribution in [1.82, 2.24) is 4.90 Å². The number of nitrogens with two attached hydrogens (primary N) is 1. The summed E-state index contributed by atoms with van der Waals surface area (Å²) < 4.78 is 1.11. The molecule has 2 atom stereocenters. The molecule has 0 saturated carbocycles. The van der Waals surface area contributed by atoms with Crippen molar-refractivity contribution in [3.05, 3.63) is 34.3 Å². The van der Waals surface area contributed by atoms with Crippen molar-refractivity contribution in [2.24, 2.45) is 5.73 Å². The van der Waals surface area contributed by atoms with E-state index in [0.29, 0.717) is 18.6 Å². The van der Waals surface area contributed by atoms with E-state index in [1.165, 1.54) is 18.4 Å². The van der Waals surface area contributed by atoms with Crippen LogP contribution in [0.15, 0.2) is 28.7 Å². The maximum atomic E-state index is 9.01. The lowest BCUT2D eigenvalue weighted by Gasteiger charge is -2.33. The molecule has 0 bridgehead atoms. The highest BCUT2D eigenvalue weighted by atomic mass is 79.9. The Hall–Kier alpha value is -0.420. The fourth-order valence-electron chi connectivity index (χ4n) is 3.08. The zero-order chi connectivity index (χ0) is 13.7. The van der Waals surface area contributed by atoms with Crippen LogP contribution in [0.3, 0.4) is 0 Å². The molecule has 1 aromatic rings. The summed E-state index contributed by atoms with van der Waals surface area (Å²) in [5.41, 5.74) is 7.30. The third-order valence-corrected chi connectivity index (χ3v) is 4.47. The maximum Gasteiger partial charge on any atom is 0.0473 e. The van der Waals surface area contributed by atoms with E-state index in [1.807, 2.05) is 6.07 Å². The van der Waals surface area contributed by atoms with E-state index in [2.05, 4.69) is 39.0 Å². The fraction of sp³-hybridized carbons (Fsp3) is 0.600. The Balaban J connectivity index is 2.12. The molecule has 3 N–H and O–H groups in total. The molecule has 0 aliphatic carbocycles. The smallest absolute Gasteiger partial charge is 0.0473 e. The Labute approximate surface area is 123 Å². The van der Waals surface area contributed by atoms with Gasteiger partial charge in [0.2, 0.25) is 0 Å². The first-order valence-electron chi connectivity index (χ1n) is 7.08. The van der Waals surface area contributed by atoms with Crippen molar-refractivity contribution in [2.75, 3.05) is 19.7 Å². The zero-order valence-corrected chi connectivity index (χ0v) is 12.8. The molecular weight excluding hydrogens is 304 g/mol. The molecular formula is C15H23BrN2O. The highest BCUT2D eigenvalue weighted by Crippen LogP contribution is 2.31. The molecule has 0 spiro atoms. The molecule has 1 aliphatic rings. The van der Waals surface area contributed by atoms with Gasteiger partial charge in [-0.25, -0.2) is 0 Å². The summed E-state index contributed by atoms with van der Waals surface area (Å²) in [6, 6.07) is 9.30.